The van der Waals surface area contributed by atoms with Crippen LogP contribution in [-0.2, 0) is 10.0 Å². The number of ketones is 1. The van der Waals surface area contributed by atoms with E-state index >= 15 is 0 Å². The van der Waals surface area contributed by atoms with Gasteiger partial charge in [-0.3, -0.25) is 4.79 Å². The van der Waals surface area contributed by atoms with Crippen molar-refractivity contribution in [2.45, 2.75) is 4.90 Å². The van der Waals surface area contributed by atoms with Gasteiger partial charge in [-0.25, -0.2) is 0 Å². The molecule has 3 rings (SSSR count). The molecule has 24 heavy (non-hydrogen) atoms. The van der Waals surface area contributed by atoms with E-state index in [1.165, 1.54) is 24.3 Å². The molecule has 0 atom stereocenters. The van der Waals surface area contributed by atoms with E-state index in [2.05, 4.69) is 4.40 Å². The first kappa shape index (κ1) is 17.2. The minimum Gasteiger partial charge on any atom is -0.288 e. The van der Waals surface area contributed by atoms with Crippen LogP contribution in [0.15, 0.2) is 62.9 Å². The van der Waals surface area contributed by atoms with Crippen molar-refractivity contribution in [2.75, 3.05) is 0 Å². The summed E-state index contributed by atoms with van der Waals surface area (Å²) in [6.45, 7) is 0. The van der Waals surface area contributed by atoms with Gasteiger partial charge in [-0.2, -0.15) is 12.8 Å². The SMILES string of the molecule is O=C1C(Cl)=C/C(=N/S(=O)(=O)c2ccc(Cl)c(Cl)c2)c2ccccc21. The Morgan fingerprint density at radius 1 is 0.875 bits per heavy atom. The third-order valence-corrected chi connectivity index (χ3v) is 5.64. The van der Waals surface area contributed by atoms with Crippen LogP contribution in [-0.4, -0.2) is 19.9 Å². The Morgan fingerprint density at radius 2 is 1.54 bits per heavy atom. The van der Waals surface area contributed by atoms with Gasteiger partial charge in [0.1, 0.15) is 0 Å². The first-order chi connectivity index (χ1) is 11.3. The molecule has 1 aliphatic rings. The van der Waals surface area contributed by atoms with Crippen molar-refractivity contribution in [3.63, 3.8) is 0 Å². The monoisotopic (exact) mass is 399 g/mol. The third kappa shape index (κ3) is 3.13. The molecule has 0 saturated carbocycles. The summed E-state index contributed by atoms with van der Waals surface area (Å²) in [4.78, 5) is 11.9. The zero-order valence-corrected chi connectivity index (χ0v) is 14.9. The Kier molecular flexibility index (Phi) is 4.53. The molecule has 0 heterocycles. The van der Waals surface area contributed by atoms with Gasteiger partial charge in [-0.1, -0.05) is 59.1 Å². The second-order valence-electron chi connectivity index (χ2n) is 4.89. The van der Waals surface area contributed by atoms with Crippen LogP contribution < -0.4 is 0 Å². The number of benzene rings is 2. The van der Waals surface area contributed by atoms with Gasteiger partial charge in [-0.15, -0.1) is 0 Å². The largest absolute Gasteiger partial charge is 0.288 e. The van der Waals surface area contributed by atoms with Gasteiger partial charge in [-0.05, 0) is 24.3 Å². The summed E-state index contributed by atoms with van der Waals surface area (Å²) in [7, 11) is -4.05. The van der Waals surface area contributed by atoms with Crippen LogP contribution in [0.5, 0.6) is 0 Å². The molecule has 4 nitrogen and oxygen atoms in total. The van der Waals surface area contributed by atoms with E-state index in [4.69, 9.17) is 34.8 Å². The third-order valence-electron chi connectivity index (χ3n) is 3.34. The number of carbonyl (C=O) groups excluding carboxylic acids is 1. The maximum absolute atomic E-state index is 12.5. The van der Waals surface area contributed by atoms with Crippen molar-refractivity contribution in [2.24, 2.45) is 4.40 Å². The van der Waals surface area contributed by atoms with E-state index in [9.17, 15) is 13.2 Å². The topological polar surface area (TPSA) is 63.6 Å². The summed E-state index contributed by atoms with van der Waals surface area (Å²) in [5, 5.41) is 0.238. The molecule has 1 aliphatic carbocycles. The van der Waals surface area contributed by atoms with Crippen molar-refractivity contribution in [1.82, 2.24) is 0 Å². The van der Waals surface area contributed by atoms with Gasteiger partial charge in [0, 0.05) is 11.1 Å². The average molecular weight is 401 g/mol. The first-order valence-electron chi connectivity index (χ1n) is 6.61. The smallest absolute Gasteiger partial charge is 0.282 e. The fourth-order valence-electron chi connectivity index (χ4n) is 2.19. The Labute approximate surface area is 153 Å². The van der Waals surface area contributed by atoms with Crippen molar-refractivity contribution in [1.29, 1.82) is 0 Å². The fraction of sp³-hybridized carbons (Fsp3) is 0. The number of carbonyl (C=O) groups is 1. The van der Waals surface area contributed by atoms with Gasteiger partial charge in [0.2, 0.25) is 5.78 Å². The fourth-order valence-corrected chi connectivity index (χ4v) is 3.78. The van der Waals surface area contributed by atoms with E-state index < -0.39 is 10.0 Å². The van der Waals surface area contributed by atoms with Crippen LogP contribution in [0.4, 0.5) is 0 Å². The molecule has 0 aromatic heterocycles. The summed E-state index contributed by atoms with van der Waals surface area (Å²) < 4.78 is 28.8. The molecular weight excluding hydrogens is 393 g/mol. The maximum Gasteiger partial charge on any atom is 0.282 e. The molecule has 122 valence electrons. The molecule has 8 heteroatoms. The number of fused-ring (bicyclic) bond motifs is 1. The summed E-state index contributed by atoms with van der Waals surface area (Å²) in [5.41, 5.74) is 0.782. The molecular formula is C16H8Cl3NO3S. The van der Waals surface area contributed by atoms with Crippen molar-refractivity contribution in [3.8, 4) is 0 Å². The quantitative estimate of drug-likeness (QED) is 0.746. The summed E-state index contributed by atoms with van der Waals surface area (Å²) in [6, 6.07) is 10.4. The van der Waals surface area contributed by atoms with Crippen LogP contribution in [0.2, 0.25) is 10.0 Å². The van der Waals surface area contributed by atoms with Crippen LogP contribution in [0, 0.1) is 0 Å². The van der Waals surface area contributed by atoms with Crippen molar-refractivity contribution >= 4 is 56.3 Å². The molecule has 0 bridgehead atoms. The van der Waals surface area contributed by atoms with E-state index in [1.807, 2.05) is 0 Å². The average Bonchev–Trinajstić information content (AvgIpc) is 2.54. The van der Waals surface area contributed by atoms with Crippen LogP contribution in [0.1, 0.15) is 15.9 Å². The second-order valence-corrected chi connectivity index (χ2v) is 7.72. The minimum atomic E-state index is -4.05. The number of allylic oxidation sites excluding steroid dienone is 2. The molecule has 0 amide bonds. The highest BCUT2D eigenvalue weighted by Gasteiger charge is 2.25. The molecule has 0 spiro atoms. The summed E-state index contributed by atoms with van der Waals surface area (Å²) >= 11 is 17.6. The molecule has 0 N–H and O–H groups in total. The molecule has 0 fully saturated rings. The van der Waals surface area contributed by atoms with E-state index in [0.29, 0.717) is 11.1 Å². The molecule has 0 unspecified atom stereocenters. The Bertz CT molecular complexity index is 1030. The standard InChI is InChI=1S/C16H8Cl3NO3S/c17-12-6-5-9(7-13(12)18)24(22,23)20-15-8-14(19)16(21)11-4-2-1-3-10(11)15/h1-8H/b20-15-. The Balaban J connectivity index is 2.16. The summed E-state index contributed by atoms with van der Waals surface area (Å²) in [5.74, 6) is -0.377. The maximum atomic E-state index is 12.5. The number of Topliss-reactive ketones (excluding diaryl/α,β-unsaturated/α-hetero) is 1. The zero-order chi connectivity index (χ0) is 17.5. The predicted octanol–water partition coefficient (Wildman–Crippen LogP) is 4.49. The van der Waals surface area contributed by atoms with Gasteiger partial charge in [0.05, 0.1) is 25.7 Å². The highest BCUT2D eigenvalue weighted by molar-refractivity contribution is 7.90. The Morgan fingerprint density at radius 3 is 2.21 bits per heavy atom. The first-order valence-corrected chi connectivity index (χ1v) is 9.18. The number of sulfonamides is 1. The number of hydrogen-bond acceptors (Lipinski definition) is 3. The number of halogens is 3. The molecule has 0 saturated heterocycles. The lowest BCUT2D eigenvalue weighted by atomic mass is 9.94. The number of hydrogen-bond donors (Lipinski definition) is 0. The van der Waals surface area contributed by atoms with Crippen LogP contribution >= 0.6 is 34.8 Å². The second kappa shape index (κ2) is 6.33. The van der Waals surface area contributed by atoms with Gasteiger partial charge < -0.3 is 0 Å². The lowest BCUT2D eigenvalue weighted by molar-refractivity contribution is 0.104. The lowest BCUT2D eigenvalue weighted by Gasteiger charge is -2.14. The molecule has 0 aliphatic heterocycles. The zero-order valence-electron chi connectivity index (χ0n) is 11.8. The van der Waals surface area contributed by atoms with Crippen molar-refractivity contribution < 1.29 is 13.2 Å². The van der Waals surface area contributed by atoms with E-state index in [1.54, 1.807) is 24.3 Å². The summed E-state index contributed by atoms with van der Waals surface area (Å²) in [6.07, 6.45) is 1.24. The van der Waals surface area contributed by atoms with Gasteiger partial charge >= 0.3 is 0 Å². The Hall–Kier alpha value is -1.66. The van der Waals surface area contributed by atoms with Crippen LogP contribution in [0.3, 0.4) is 0 Å². The molecule has 0 radical (unpaired) electrons. The minimum absolute atomic E-state index is 0.0845. The number of nitrogens with zero attached hydrogens (tertiary/aromatic N) is 1. The highest BCUT2D eigenvalue weighted by atomic mass is 35.5. The van der Waals surface area contributed by atoms with Crippen molar-refractivity contribution in [3.05, 3.63) is 74.7 Å². The number of rotatable bonds is 2. The highest BCUT2D eigenvalue weighted by Crippen LogP contribution is 2.28. The van der Waals surface area contributed by atoms with Gasteiger partial charge in [0.25, 0.3) is 10.0 Å². The normalized spacial score (nSPS) is 16.0. The van der Waals surface area contributed by atoms with Crippen LogP contribution in [0.25, 0.3) is 0 Å². The molecule has 2 aromatic carbocycles. The van der Waals surface area contributed by atoms with Gasteiger partial charge in [0.15, 0.2) is 0 Å². The van der Waals surface area contributed by atoms with E-state index in [-0.39, 0.29) is 31.5 Å². The van der Waals surface area contributed by atoms with E-state index in [0.717, 1.165) is 0 Å². The lowest BCUT2D eigenvalue weighted by Crippen LogP contribution is -2.16. The molecule has 2 aromatic rings. The predicted molar refractivity (Wildman–Crippen MR) is 94.9 cm³/mol.